The van der Waals surface area contributed by atoms with E-state index in [-0.39, 0.29) is 12.5 Å². The summed E-state index contributed by atoms with van der Waals surface area (Å²) in [5.41, 5.74) is 2.40. The number of nitrogen functional groups attached to an aromatic ring is 1. The van der Waals surface area contributed by atoms with Crippen LogP contribution >= 0.6 is 0 Å². The van der Waals surface area contributed by atoms with Gasteiger partial charge in [-0.3, -0.25) is 9.78 Å². The van der Waals surface area contributed by atoms with Gasteiger partial charge in [0.05, 0.1) is 18.9 Å². The molecule has 1 aromatic rings. The van der Waals surface area contributed by atoms with E-state index in [1.807, 2.05) is 0 Å². The van der Waals surface area contributed by atoms with Crippen molar-refractivity contribution in [3.63, 3.8) is 0 Å². The Hall–Kier alpha value is -1.89. The molecule has 0 unspecified atom stereocenters. The maximum absolute atomic E-state index is 11.5. The predicted molar refractivity (Wildman–Crippen MR) is 61.8 cm³/mol. The van der Waals surface area contributed by atoms with E-state index in [0.29, 0.717) is 11.6 Å². The Labute approximate surface area is 94.2 Å². The smallest absolute Gasteiger partial charge is 0.241 e. The van der Waals surface area contributed by atoms with Crippen molar-refractivity contribution < 1.29 is 4.79 Å². The molecule has 0 aliphatic rings. The van der Waals surface area contributed by atoms with Gasteiger partial charge in [0.25, 0.3) is 0 Å². The molecule has 0 radical (unpaired) electrons. The molecule has 1 amide bonds. The number of carbonyl (C=O) groups is 1. The lowest BCUT2D eigenvalue weighted by molar-refractivity contribution is -0.127. The summed E-state index contributed by atoms with van der Waals surface area (Å²) in [6.45, 7) is 0.246. The molecule has 0 aliphatic heterocycles. The van der Waals surface area contributed by atoms with E-state index in [0.717, 1.165) is 0 Å². The van der Waals surface area contributed by atoms with Crippen LogP contribution in [-0.2, 0) is 4.79 Å². The van der Waals surface area contributed by atoms with Crippen molar-refractivity contribution in [3.05, 3.63) is 12.4 Å². The Balaban J connectivity index is 2.72. The van der Waals surface area contributed by atoms with Gasteiger partial charge in [-0.15, -0.1) is 0 Å². The lowest BCUT2D eigenvalue weighted by atomic mass is 10.4. The molecule has 1 rings (SSSR count). The number of carbonyl (C=O) groups excluding carboxylic acids is 1. The molecular weight excluding hydrogens is 208 g/mol. The number of hydrogen-bond donors (Lipinski definition) is 2. The molecule has 0 saturated carbocycles. The molecule has 1 heterocycles. The second-order valence-electron chi connectivity index (χ2n) is 3.55. The summed E-state index contributed by atoms with van der Waals surface area (Å²) < 4.78 is 0. The Bertz CT molecular complexity index is 367. The first-order chi connectivity index (χ1) is 7.54. The summed E-state index contributed by atoms with van der Waals surface area (Å²) in [5, 5.41) is 0. The number of likely N-dealkylation sites (N-methyl/N-ethyl adjacent to an activating group) is 2. The highest BCUT2D eigenvalue weighted by atomic mass is 16.2. The fourth-order valence-corrected chi connectivity index (χ4v) is 1.03. The highest BCUT2D eigenvalue weighted by Gasteiger charge is 2.10. The maximum Gasteiger partial charge on any atom is 0.241 e. The predicted octanol–water partition coefficient (Wildman–Crippen LogP) is -0.713. The number of anilines is 2. The van der Waals surface area contributed by atoms with Crippen molar-refractivity contribution in [2.75, 3.05) is 38.0 Å². The second-order valence-corrected chi connectivity index (χ2v) is 3.55. The van der Waals surface area contributed by atoms with Crippen molar-refractivity contribution >= 4 is 17.5 Å². The first-order valence-corrected chi connectivity index (χ1v) is 4.74. The van der Waals surface area contributed by atoms with Crippen LogP contribution in [0.25, 0.3) is 0 Å². The topological polar surface area (TPSA) is 87.4 Å². The number of nitrogens with one attached hydrogen (secondary N) is 1. The number of rotatable bonds is 4. The van der Waals surface area contributed by atoms with E-state index in [4.69, 9.17) is 5.84 Å². The van der Waals surface area contributed by atoms with Gasteiger partial charge in [0.1, 0.15) is 5.82 Å². The Morgan fingerprint density at radius 2 is 2.12 bits per heavy atom. The summed E-state index contributed by atoms with van der Waals surface area (Å²) >= 11 is 0. The van der Waals surface area contributed by atoms with Gasteiger partial charge in [-0.2, -0.15) is 0 Å². The summed E-state index contributed by atoms with van der Waals surface area (Å²) in [7, 11) is 5.19. The summed E-state index contributed by atoms with van der Waals surface area (Å²) in [4.78, 5) is 22.8. The van der Waals surface area contributed by atoms with Gasteiger partial charge in [-0.25, -0.2) is 10.8 Å². The third-order valence-corrected chi connectivity index (χ3v) is 2.03. The Kier molecular flexibility index (Phi) is 4.01. The van der Waals surface area contributed by atoms with Crippen LogP contribution in [0.1, 0.15) is 0 Å². The molecule has 7 nitrogen and oxygen atoms in total. The number of hydrazine groups is 1. The molecular formula is C9H16N6O. The SMILES string of the molecule is CN(C)C(=O)CN(C)c1cncc(NN)n1. The van der Waals surface area contributed by atoms with Crippen molar-refractivity contribution in [2.24, 2.45) is 5.84 Å². The average molecular weight is 224 g/mol. The molecule has 88 valence electrons. The van der Waals surface area contributed by atoms with Crippen LogP contribution in [0.4, 0.5) is 11.6 Å². The molecule has 0 spiro atoms. The molecule has 0 aromatic carbocycles. The van der Waals surface area contributed by atoms with Crippen LogP contribution in [-0.4, -0.2) is 48.5 Å². The lowest BCUT2D eigenvalue weighted by Gasteiger charge is -2.19. The minimum Gasteiger partial charge on any atom is -0.349 e. The summed E-state index contributed by atoms with van der Waals surface area (Å²) in [6, 6.07) is 0. The number of hydrogen-bond acceptors (Lipinski definition) is 6. The zero-order valence-electron chi connectivity index (χ0n) is 9.64. The Morgan fingerprint density at radius 1 is 1.44 bits per heavy atom. The van der Waals surface area contributed by atoms with Crippen molar-refractivity contribution in [3.8, 4) is 0 Å². The van der Waals surface area contributed by atoms with E-state index in [1.54, 1.807) is 32.2 Å². The number of nitrogens with two attached hydrogens (primary N) is 1. The quantitative estimate of drug-likeness (QED) is 0.519. The van der Waals surface area contributed by atoms with Crippen LogP contribution in [0.2, 0.25) is 0 Å². The van der Waals surface area contributed by atoms with E-state index in [1.165, 1.54) is 11.1 Å². The highest BCUT2D eigenvalue weighted by molar-refractivity contribution is 5.80. The van der Waals surface area contributed by atoms with Crippen LogP contribution in [0.15, 0.2) is 12.4 Å². The van der Waals surface area contributed by atoms with Gasteiger partial charge in [0, 0.05) is 21.1 Å². The fraction of sp³-hybridized carbons (Fsp3) is 0.444. The van der Waals surface area contributed by atoms with Gasteiger partial charge in [-0.05, 0) is 0 Å². The molecule has 0 fully saturated rings. The van der Waals surface area contributed by atoms with Crippen molar-refractivity contribution in [2.45, 2.75) is 0 Å². The van der Waals surface area contributed by atoms with Crippen LogP contribution in [0.3, 0.4) is 0 Å². The first kappa shape index (κ1) is 12.2. The summed E-state index contributed by atoms with van der Waals surface area (Å²) in [5.74, 6) is 6.27. The van der Waals surface area contributed by atoms with E-state index < -0.39 is 0 Å². The number of amides is 1. The van der Waals surface area contributed by atoms with Crippen LogP contribution in [0, 0.1) is 0 Å². The third-order valence-electron chi connectivity index (χ3n) is 2.03. The molecule has 0 aliphatic carbocycles. The molecule has 0 bridgehead atoms. The fourth-order valence-electron chi connectivity index (χ4n) is 1.03. The van der Waals surface area contributed by atoms with E-state index >= 15 is 0 Å². The Morgan fingerprint density at radius 3 is 2.69 bits per heavy atom. The normalized spacial score (nSPS) is 9.75. The number of aromatic nitrogens is 2. The largest absolute Gasteiger partial charge is 0.349 e. The minimum absolute atomic E-state index is 0.00425. The zero-order valence-corrected chi connectivity index (χ0v) is 9.64. The molecule has 16 heavy (non-hydrogen) atoms. The van der Waals surface area contributed by atoms with Gasteiger partial charge < -0.3 is 15.2 Å². The second kappa shape index (κ2) is 5.26. The lowest BCUT2D eigenvalue weighted by Crippen LogP contribution is -2.34. The molecule has 3 N–H and O–H groups in total. The van der Waals surface area contributed by atoms with E-state index in [9.17, 15) is 4.79 Å². The first-order valence-electron chi connectivity index (χ1n) is 4.74. The maximum atomic E-state index is 11.5. The third kappa shape index (κ3) is 3.06. The molecule has 0 atom stereocenters. The van der Waals surface area contributed by atoms with Crippen LogP contribution < -0.4 is 16.2 Å². The van der Waals surface area contributed by atoms with Gasteiger partial charge in [0.2, 0.25) is 5.91 Å². The number of nitrogens with zero attached hydrogens (tertiary/aromatic N) is 4. The standard InChI is InChI=1S/C9H16N6O/c1-14(2)9(16)6-15(3)8-5-11-4-7(12-8)13-10/h4-5H,6,10H2,1-3H3,(H,12,13). The van der Waals surface area contributed by atoms with Crippen LogP contribution in [0.5, 0.6) is 0 Å². The van der Waals surface area contributed by atoms with Gasteiger partial charge >= 0.3 is 0 Å². The molecule has 7 heteroatoms. The highest BCUT2D eigenvalue weighted by Crippen LogP contribution is 2.09. The molecule has 0 saturated heterocycles. The van der Waals surface area contributed by atoms with Gasteiger partial charge in [-0.1, -0.05) is 0 Å². The minimum atomic E-state index is -0.00425. The van der Waals surface area contributed by atoms with Crippen molar-refractivity contribution in [1.82, 2.24) is 14.9 Å². The van der Waals surface area contributed by atoms with Crippen molar-refractivity contribution in [1.29, 1.82) is 0 Å². The average Bonchev–Trinajstić information content (AvgIpc) is 2.28. The zero-order chi connectivity index (χ0) is 12.1. The van der Waals surface area contributed by atoms with Gasteiger partial charge in [0.15, 0.2) is 5.82 Å². The monoisotopic (exact) mass is 224 g/mol. The summed E-state index contributed by atoms with van der Waals surface area (Å²) in [6.07, 6.45) is 3.08. The molecule has 1 aromatic heterocycles. The van der Waals surface area contributed by atoms with E-state index in [2.05, 4.69) is 15.4 Å².